The second kappa shape index (κ2) is 8.69. The maximum atomic E-state index is 14.1. The lowest BCUT2D eigenvalue weighted by molar-refractivity contribution is -1.21. The van der Waals surface area contributed by atoms with Gasteiger partial charge in [0.05, 0.1) is 12.0 Å². The molecule has 4 rings (SSSR count). The fraction of sp³-hybridized carbons (Fsp3) is 0.889. The minimum absolute atomic E-state index is 0.0718. The molecule has 0 aromatic heterocycles. The molecule has 4 bridgehead atoms. The number of quaternary nitrogens is 1. The summed E-state index contributed by atoms with van der Waals surface area (Å²) in [6.07, 6.45) is -3.55. The van der Waals surface area contributed by atoms with Crippen LogP contribution in [0.25, 0.3) is 0 Å². The number of ether oxygens (including phenoxy) is 3. The normalized spacial score (nSPS) is 30.3. The van der Waals surface area contributed by atoms with Crippen LogP contribution < -0.4 is 0 Å². The van der Waals surface area contributed by atoms with Crippen LogP contribution >= 0.6 is 0 Å². The fourth-order valence-electron chi connectivity index (χ4n) is 5.58. The van der Waals surface area contributed by atoms with E-state index in [-0.39, 0.29) is 30.6 Å². The average Bonchev–Trinajstić information content (AvgIpc) is 3.10. The lowest BCUT2D eigenvalue weighted by Gasteiger charge is -2.37. The van der Waals surface area contributed by atoms with Gasteiger partial charge in [0.15, 0.2) is 6.54 Å². The van der Waals surface area contributed by atoms with Crippen LogP contribution in [-0.2, 0) is 33.9 Å². The van der Waals surface area contributed by atoms with Crippen LogP contribution in [0.5, 0.6) is 0 Å². The molecule has 4 saturated carbocycles. The molecule has 0 heterocycles. The molecule has 0 spiro atoms. The van der Waals surface area contributed by atoms with Crippen LogP contribution in [0.4, 0.5) is 30.9 Å². The van der Waals surface area contributed by atoms with E-state index in [2.05, 4.69) is 14.2 Å². The number of hydrogen-bond donors (Lipinski definition) is 1. The summed E-state index contributed by atoms with van der Waals surface area (Å²) in [4.78, 5) is 20.5. The minimum Gasteiger partial charge on any atom is -0.461 e. The highest BCUT2D eigenvalue weighted by Crippen LogP contribution is 2.66. The Kier molecular flexibility index (Phi) is 6.92. The van der Waals surface area contributed by atoms with Gasteiger partial charge in [-0.25, -0.2) is 4.79 Å². The number of carbonyl (C=O) groups excluding carboxylic acids is 2. The molecule has 0 saturated heterocycles. The Morgan fingerprint density at radius 1 is 1.06 bits per heavy atom. The molecular formula is C18H23F7NO8S+. The van der Waals surface area contributed by atoms with Crippen molar-refractivity contribution in [3.8, 4) is 0 Å². The van der Waals surface area contributed by atoms with Gasteiger partial charge in [0.25, 0.3) is 0 Å². The molecule has 0 radical (unpaired) electrons. The van der Waals surface area contributed by atoms with Gasteiger partial charge in [-0.3, -0.25) is 9.35 Å². The van der Waals surface area contributed by atoms with Gasteiger partial charge in [-0.15, -0.1) is 8.78 Å². The molecule has 3 atom stereocenters. The van der Waals surface area contributed by atoms with Crippen molar-refractivity contribution in [2.75, 3.05) is 19.8 Å². The summed E-state index contributed by atoms with van der Waals surface area (Å²) in [6, 6.07) is 0. The van der Waals surface area contributed by atoms with E-state index in [0.717, 1.165) is 13.3 Å². The van der Waals surface area contributed by atoms with E-state index >= 15 is 0 Å². The van der Waals surface area contributed by atoms with Crippen molar-refractivity contribution < 1.29 is 72.6 Å². The van der Waals surface area contributed by atoms with E-state index < -0.39 is 69.5 Å². The molecule has 4 aliphatic rings. The number of halogens is 7. The molecule has 35 heavy (non-hydrogen) atoms. The summed E-state index contributed by atoms with van der Waals surface area (Å²) in [5, 5.41) is -6.14. The highest BCUT2D eigenvalue weighted by molar-refractivity contribution is 7.86. The average molecular weight is 546 g/mol. The van der Waals surface area contributed by atoms with Crippen LogP contribution in [0.1, 0.15) is 39.0 Å². The summed E-state index contributed by atoms with van der Waals surface area (Å²) in [6.45, 7) is -4.10. The van der Waals surface area contributed by atoms with E-state index in [1.807, 2.05) is 0 Å². The molecular weight excluding hydrogens is 523 g/mol. The van der Waals surface area contributed by atoms with Gasteiger partial charge in [0, 0.05) is 8.96 Å². The summed E-state index contributed by atoms with van der Waals surface area (Å²) in [5.41, 5.74) is -1.34. The van der Waals surface area contributed by atoms with Gasteiger partial charge < -0.3 is 14.2 Å². The van der Waals surface area contributed by atoms with Crippen molar-refractivity contribution in [3.63, 3.8) is 0 Å². The lowest BCUT2D eigenvalue weighted by atomic mass is 9.75. The maximum Gasteiger partial charge on any atom is 0.595 e. The van der Waals surface area contributed by atoms with Crippen molar-refractivity contribution in [3.05, 3.63) is 0 Å². The molecule has 4 fully saturated rings. The smallest absolute Gasteiger partial charge is 0.461 e. The number of hydrogen-bond acceptors (Lipinski definition) is 7. The number of rotatable bonds is 10. The Morgan fingerprint density at radius 3 is 2.06 bits per heavy atom. The van der Waals surface area contributed by atoms with Crippen LogP contribution in [0.15, 0.2) is 0 Å². The van der Waals surface area contributed by atoms with Crippen molar-refractivity contribution in [2.24, 2.45) is 23.2 Å². The number of esters is 2. The van der Waals surface area contributed by atoms with Crippen LogP contribution in [0.3, 0.4) is 0 Å². The Bertz CT molecular complexity index is 958. The zero-order valence-corrected chi connectivity index (χ0v) is 19.0. The number of nitrogens with zero attached hydrogens (tertiary/aromatic N) is 1. The quantitative estimate of drug-likeness (QED) is 0.111. The van der Waals surface area contributed by atoms with E-state index in [4.69, 9.17) is 4.55 Å². The van der Waals surface area contributed by atoms with Gasteiger partial charge >= 0.3 is 39.4 Å². The zero-order chi connectivity index (χ0) is 26.7. The van der Waals surface area contributed by atoms with Crippen molar-refractivity contribution >= 4 is 22.1 Å². The second-order valence-corrected chi connectivity index (χ2v) is 10.5. The van der Waals surface area contributed by atoms with E-state index in [1.54, 1.807) is 0 Å². The molecule has 1 N–H and O–H groups in total. The molecule has 17 heteroatoms. The molecule has 0 aromatic rings. The third-order valence-electron chi connectivity index (χ3n) is 6.92. The minimum atomic E-state index is -6.69. The van der Waals surface area contributed by atoms with Crippen LogP contribution in [-0.4, -0.2) is 66.9 Å². The Morgan fingerprint density at radius 2 is 1.60 bits per heavy atom. The van der Waals surface area contributed by atoms with Crippen molar-refractivity contribution in [2.45, 2.75) is 56.4 Å². The third-order valence-corrected chi connectivity index (χ3v) is 7.81. The molecule has 0 aliphatic heterocycles. The predicted octanol–water partition coefficient (Wildman–Crippen LogP) is 3.22. The Hall–Kier alpha value is -1.72. The summed E-state index contributed by atoms with van der Waals surface area (Å²) in [5.74, 6) is -8.50. The second-order valence-electron chi connectivity index (χ2n) is 9.09. The summed E-state index contributed by atoms with van der Waals surface area (Å²) >= 11 is 0. The monoisotopic (exact) mass is 546 g/mol. The first-order chi connectivity index (χ1) is 15.8. The highest BCUT2D eigenvalue weighted by Gasteiger charge is 2.73. The van der Waals surface area contributed by atoms with E-state index in [0.29, 0.717) is 12.8 Å². The summed E-state index contributed by atoms with van der Waals surface area (Å²) < 4.78 is 139. The highest BCUT2D eigenvalue weighted by atomic mass is 32.2. The zero-order valence-electron chi connectivity index (χ0n) is 18.2. The molecule has 4 aliphatic carbocycles. The largest absolute Gasteiger partial charge is 0.595 e. The predicted molar refractivity (Wildman–Crippen MR) is 97.3 cm³/mol. The topological polar surface area (TPSA) is 116 Å². The standard InChI is InChI=1S/C18H22F7NO8S/c1-2-32-14(28)16(17(19,20)21,33-4-3-26(24,25)18(22,23)35(29,30)31)34-13(27)15-8-10-5-11(9-15)7-12(15)6-10/h10-12H,2-9H2,1H3/p+1. The van der Waals surface area contributed by atoms with Crippen molar-refractivity contribution in [1.29, 1.82) is 0 Å². The lowest BCUT2D eigenvalue weighted by Crippen LogP contribution is -2.61. The first-order valence-electron chi connectivity index (χ1n) is 10.6. The first-order valence-corrected chi connectivity index (χ1v) is 12.0. The SMILES string of the molecule is CCOC(=O)C(OCC[N+](F)(F)C(F)(F)S(=O)(=O)O)(OC(=O)C12CC3CC(CC1C3)C2)C(F)(F)F. The Labute approximate surface area is 194 Å². The molecule has 202 valence electrons. The number of carbonyl (C=O) groups is 2. The van der Waals surface area contributed by atoms with Gasteiger partial charge in [0.2, 0.25) is 0 Å². The van der Waals surface area contributed by atoms with Crippen LogP contribution in [0, 0.1) is 23.2 Å². The Balaban J connectivity index is 1.88. The van der Waals surface area contributed by atoms with Gasteiger partial charge in [0.1, 0.15) is 11.5 Å². The van der Waals surface area contributed by atoms with Gasteiger partial charge in [-0.05, 0) is 56.8 Å². The van der Waals surface area contributed by atoms with Gasteiger partial charge in [-0.1, -0.05) is 0 Å². The summed E-state index contributed by atoms with van der Waals surface area (Å²) in [7, 11) is -6.69. The van der Waals surface area contributed by atoms with Gasteiger partial charge in [-0.2, -0.15) is 21.6 Å². The maximum absolute atomic E-state index is 14.1. The molecule has 0 amide bonds. The van der Waals surface area contributed by atoms with E-state index in [1.165, 1.54) is 0 Å². The third kappa shape index (κ3) is 4.48. The number of alkyl halides is 5. The molecule has 0 aromatic carbocycles. The van der Waals surface area contributed by atoms with E-state index in [9.17, 15) is 48.9 Å². The first kappa shape index (κ1) is 27.9. The molecule has 3 unspecified atom stereocenters. The molecule has 9 nitrogen and oxygen atoms in total. The van der Waals surface area contributed by atoms with Crippen LogP contribution in [0.2, 0.25) is 0 Å². The van der Waals surface area contributed by atoms with Crippen molar-refractivity contribution in [1.82, 2.24) is 0 Å². The fourth-order valence-corrected chi connectivity index (χ4v) is 6.01.